The largest absolute Gasteiger partial charge is 0.506 e. The molecule has 0 spiro atoms. The molecule has 3 atom stereocenters. The number of aromatic hydroxyl groups is 1. The number of hydrogen-bond donors (Lipinski definition) is 2. The molecule has 27 heavy (non-hydrogen) atoms. The Morgan fingerprint density at radius 3 is 2.52 bits per heavy atom. The average molecular weight is 374 g/mol. The summed E-state index contributed by atoms with van der Waals surface area (Å²) in [5.74, 6) is -0.753. The average Bonchev–Trinajstić information content (AvgIpc) is 3.13. The van der Waals surface area contributed by atoms with Crippen LogP contribution in [0.5, 0.6) is 5.75 Å². The minimum absolute atomic E-state index is 0.168. The normalized spacial score (nSPS) is 27.8. The fourth-order valence-electron chi connectivity index (χ4n) is 4.76. The number of nitrogens with zero attached hydrogens (tertiary/aromatic N) is 2. The molecule has 4 nitrogen and oxygen atoms in total. The van der Waals surface area contributed by atoms with Gasteiger partial charge in [0, 0.05) is 38.2 Å². The van der Waals surface area contributed by atoms with E-state index in [2.05, 4.69) is 9.88 Å². The summed E-state index contributed by atoms with van der Waals surface area (Å²) in [6.45, 7) is 2.72. The molecule has 2 heterocycles. The number of aliphatic hydroxyl groups is 1. The lowest BCUT2D eigenvalue weighted by Gasteiger charge is -2.26. The number of fused-ring (bicyclic) bond motifs is 1. The summed E-state index contributed by atoms with van der Waals surface area (Å²) in [5, 5.41) is 20.2. The zero-order chi connectivity index (χ0) is 19.0. The van der Waals surface area contributed by atoms with Crippen molar-refractivity contribution in [2.75, 3.05) is 19.6 Å². The Hall–Kier alpha value is -2.05. The fraction of sp³-hybridized carbons (Fsp3) is 0.476. The molecule has 0 bridgehead atoms. The SMILES string of the molecule is Oc1ccc(CCN2C[C@@H]3C[C@@](O)(Cc4cccc(F)c4F)C[C@@H]3C2)nc1. The first kappa shape index (κ1) is 18.3. The van der Waals surface area contributed by atoms with Gasteiger partial charge in [0.15, 0.2) is 11.6 Å². The van der Waals surface area contributed by atoms with Crippen molar-refractivity contribution in [3.8, 4) is 5.75 Å². The lowest BCUT2D eigenvalue weighted by atomic mass is 9.91. The Bertz CT molecular complexity index is 798. The van der Waals surface area contributed by atoms with Gasteiger partial charge in [-0.2, -0.15) is 0 Å². The van der Waals surface area contributed by atoms with Crippen LogP contribution in [0.25, 0.3) is 0 Å². The summed E-state index contributed by atoms with van der Waals surface area (Å²) in [7, 11) is 0. The van der Waals surface area contributed by atoms with Gasteiger partial charge in [-0.25, -0.2) is 8.78 Å². The van der Waals surface area contributed by atoms with Crippen LogP contribution in [0, 0.1) is 23.5 Å². The van der Waals surface area contributed by atoms with Crippen LogP contribution < -0.4 is 0 Å². The summed E-state index contributed by atoms with van der Waals surface area (Å²) in [6.07, 6.45) is 3.70. The van der Waals surface area contributed by atoms with Crippen molar-refractivity contribution < 1.29 is 19.0 Å². The molecule has 2 fully saturated rings. The predicted octanol–water partition coefficient (Wildman–Crippen LogP) is 2.92. The number of aromatic nitrogens is 1. The Labute approximate surface area is 157 Å². The molecule has 1 aromatic carbocycles. The molecule has 0 amide bonds. The first-order valence-corrected chi connectivity index (χ1v) is 9.43. The van der Waals surface area contributed by atoms with Crippen LogP contribution in [-0.2, 0) is 12.8 Å². The molecular weight excluding hydrogens is 350 g/mol. The molecule has 144 valence electrons. The molecule has 0 unspecified atom stereocenters. The molecule has 1 aromatic heterocycles. The highest BCUT2D eigenvalue weighted by atomic mass is 19.2. The first-order chi connectivity index (χ1) is 12.9. The van der Waals surface area contributed by atoms with Gasteiger partial charge in [-0.3, -0.25) is 4.98 Å². The van der Waals surface area contributed by atoms with Gasteiger partial charge in [0.05, 0.1) is 11.8 Å². The van der Waals surface area contributed by atoms with E-state index in [1.54, 1.807) is 12.1 Å². The summed E-state index contributed by atoms with van der Waals surface area (Å²) in [5.41, 5.74) is 0.254. The van der Waals surface area contributed by atoms with Gasteiger partial charge in [0.1, 0.15) is 5.75 Å². The Balaban J connectivity index is 1.32. The smallest absolute Gasteiger partial charge is 0.162 e. The number of rotatable bonds is 5. The maximum atomic E-state index is 13.9. The highest BCUT2D eigenvalue weighted by molar-refractivity contribution is 5.22. The quantitative estimate of drug-likeness (QED) is 0.845. The fourth-order valence-corrected chi connectivity index (χ4v) is 4.76. The Morgan fingerprint density at radius 2 is 1.85 bits per heavy atom. The summed E-state index contributed by atoms with van der Waals surface area (Å²) < 4.78 is 27.4. The third-order valence-corrected chi connectivity index (χ3v) is 5.98. The van der Waals surface area contributed by atoms with Crippen molar-refractivity contribution in [3.05, 3.63) is 59.4 Å². The zero-order valence-electron chi connectivity index (χ0n) is 15.1. The van der Waals surface area contributed by atoms with Gasteiger partial charge in [-0.15, -0.1) is 0 Å². The highest BCUT2D eigenvalue weighted by Crippen LogP contribution is 2.45. The molecule has 2 aliphatic rings. The molecular formula is C21H24F2N2O2. The minimum atomic E-state index is -0.950. The minimum Gasteiger partial charge on any atom is -0.506 e. The number of likely N-dealkylation sites (tertiary alicyclic amines) is 1. The molecule has 1 aliphatic carbocycles. The van der Waals surface area contributed by atoms with E-state index in [9.17, 15) is 19.0 Å². The van der Waals surface area contributed by atoms with Crippen molar-refractivity contribution in [3.63, 3.8) is 0 Å². The Morgan fingerprint density at radius 1 is 1.11 bits per heavy atom. The second-order valence-electron chi connectivity index (χ2n) is 8.06. The molecule has 4 rings (SSSR count). The summed E-state index contributed by atoms with van der Waals surface area (Å²) in [6, 6.07) is 7.63. The predicted molar refractivity (Wildman–Crippen MR) is 97.3 cm³/mol. The molecule has 1 aliphatic heterocycles. The third kappa shape index (κ3) is 3.96. The van der Waals surface area contributed by atoms with Crippen LogP contribution in [0.15, 0.2) is 36.5 Å². The monoisotopic (exact) mass is 374 g/mol. The maximum Gasteiger partial charge on any atom is 0.162 e. The highest BCUT2D eigenvalue weighted by Gasteiger charge is 2.48. The lowest BCUT2D eigenvalue weighted by Crippen LogP contribution is -2.33. The number of hydrogen-bond acceptors (Lipinski definition) is 4. The van der Waals surface area contributed by atoms with Gasteiger partial charge in [0.25, 0.3) is 0 Å². The maximum absolute atomic E-state index is 13.9. The van der Waals surface area contributed by atoms with Gasteiger partial charge in [-0.1, -0.05) is 12.1 Å². The van der Waals surface area contributed by atoms with E-state index in [1.165, 1.54) is 12.3 Å². The standard InChI is InChI=1S/C21H24F2N2O2/c22-19-3-1-2-14(20(19)23)8-21(27)9-15-12-25(13-16(15)10-21)7-6-17-4-5-18(26)11-24-17/h1-5,11,15-16,26-27H,6-10,12-13H2/t15-,16+,21-. The van der Waals surface area contributed by atoms with Crippen LogP contribution in [0.4, 0.5) is 8.78 Å². The molecule has 2 N–H and O–H groups in total. The van der Waals surface area contributed by atoms with E-state index >= 15 is 0 Å². The van der Waals surface area contributed by atoms with Crippen LogP contribution in [0.2, 0.25) is 0 Å². The van der Waals surface area contributed by atoms with E-state index in [0.717, 1.165) is 37.8 Å². The second-order valence-corrected chi connectivity index (χ2v) is 8.06. The van der Waals surface area contributed by atoms with Crippen LogP contribution in [0.1, 0.15) is 24.1 Å². The lowest BCUT2D eigenvalue weighted by molar-refractivity contribution is 0.0346. The summed E-state index contributed by atoms with van der Waals surface area (Å²) in [4.78, 5) is 6.60. The van der Waals surface area contributed by atoms with E-state index in [1.807, 2.05) is 6.07 Å². The molecule has 2 aromatic rings. The number of benzene rings is 1. The van der Waals surface area contributed by atoms with E-state index in [0.29, 0.717) is 24.7 Å². The van der Waals surface area contributed by atoms with Crippen molar-refractivity contribution in [1.29, 1.82) is 0 Å². The molecule has 0 radical (unpaired) electrons. The third-order valence-electron chi connectivity index (χ3n) is 5.98. The van der Waals surface area contributed by atoms with Gasteiger partial charge in [-0.05, 0) is 48.4 Å². The van der Waals surface area contributed by atoms with Crippen LogP contribution in [0.3, 0.4) is 0 Å². The van der Waals surface area contributed by atoms with Crippen LogP contribution >= 0.6 is 0 Å². The zero-order valence-corrected chi connectivity index (χ0v) is 15.1. The summed E-state index contributed by atoms with van der Waals surface area (Å²) >= 11 is 0. The second kappa shape index (κ2) is 7.17. The molecule has 1 saturated heterocycles. The van der Waals surface area contributed by atoms with Gasteiger partial charge < -0.3 is 15.1 Å². The topological polar surface area (TPSA) is 56.6 Å². The van der Waals surface area contributed by atoms with E-state index in [4.69, 9.17) is 0 Å². The molecule has 6 heteroatoms. The molecule has 1 saturated carbocycles. The van der Waals surface area contributed by atoms with E-state index in [-0.39, 0.29) is 17.7 Å². The van der Waals surface area contributed by atoms with Gasteiger partial charge >= 0.3 is 0 Å². The van der Waals surface area contributed by atoms with Crippen LogP contribution in [-0.4, -0.2) is 45.3 Å². The van der Waals surface area contributed by atoms with Crippen molar-refractivity contribution in [2.24, 2.45) is 11.8 Å². The first-order valence-electron chi connectivity index (χ1n) is 9.43. The van der Waals surface area contributed by atoms with Crippen molar-refractivity contribution in [1.82, 2.24) is 9.88 Å². The Kier molecular flexibility index (Phi) is 4.86. The number of halogens is 2. The number of pyridine rings is 1. The van der Waals surface area contributed by atoms with Crippen molar-refractivity contribution >= 4 is 0 Å². The van der Waals surface area contributed by atoms with Crippen molar-refractivity contribution in [2.45, 2.75) is 31.3 Å². The van der Waals surface area contributed by atoms with Gasteiger partial charge in [0.2, 0.25) is 0 Å². The van der Waals surface area contributed by atoms with E-state index < -0.39 is 17.2 Å².